The number of rotatable bonds is 0. The number of aryl methyl sites for hydroxylation is 1. The van der Waals surface area contributed by atoms with Crippen molar-refractivity contribution < 1.29 is 0 Å². The molecule has 2 aromatic rings. The van der Waals surface area contributed by atoms with E-state index in [2.05, 4.69) is 4.98 Å². The van der Waals surface area contributed by atoms with E-state index in [1.807, 2.05) is 29.7 Å². The fourth-order valence-electron chi connectivity index (χ4n) is 1.20. The molecule has 2 rings (SSSR count). The summed E-state index contributed by atoms with van der Waals surface area (Å²) >= 11 is 0. The van der Waals surface area contributed by atoms with E-state index in [0.29, 0.717) is 5.82 Å². The first-order valence-corrected chi connectivity index (χ1v) is 3.47. The van der Waals surface area contributed by atoms with Gasteiger partial charge in [-0.05, 0) is 19.1 Å². The number of aromatic nitrogens is 2. The summed E-state index contributed by atoms with van der Waals surface area (Å²) < 4.78 is 2.02. The van der Waals surface area contributed by atoms with Gasteiger partial charge in [-0.3, -0.25) is 0 Å². The lowest BCUT2D eigenvalue weighted by atomic mass is 10.5. The van der Waals surface area contributed by atoms with Gasteiger partial charge in [0.15, 0.2) is 0 Å². The molecule has 3 heteroatoms. The summed E-state index contributed by atoms with van der Waals surface area (Å²) in [7, 11) is 0. The summed E-state index contributed by atoms with van der Waals surface area (Å²) in [6.45, 7) is 2.03. The highest BCUT2D eigenvalue weighted by Crippen LogP contribution is 2.12. The third-order valence-corrected chi connectivity index (χ3v) is 1.81. The molecule has 0 spiro atoms. The van der Waals surface area contributed by atoms with Crippen LogP contribution in [0.2, 0.25) is 0 Å². The van der Waals surface area contributed by atoms with Crippen LogP contribution in [0.15, 0.2) is 24.5 Å². The molecule has 0 bridgehead atoms. The van der Waals surface area contributed by atoms with Crippen molar-refractivity contribution in [3.63, 3.8) is 0 Å². The van der Waals surface area contributed by atoms with Crippen molar-refractivity contribution in [1.29, 1.82) is 0 Å². The van der Waals surface area contributed by atoms with Crippen LogP contribution in [0.25, 0.3) is 5.52 Å². The van der Waals surface area contributed by atoms with Crippen LogP contribution in [0.5, 0.6) is 0 Å². The van der Waals surface area contributed by atoms with Crippen molar-refractivity contribution in [2.45, 2.75) is 6.92 Å². The monoisotopic (exact) mass is 147 g/mol. The highest BCUT2D eigenvalue weighted by atomic mass is 15.0. The maximum atomic E-state index is 5.64. The molecule has 0 saturated heterocycles. The molecule has 11 heavy (non-hydrogen) atoms. The van der Waals surface area contributed by atoms with E-state index in [1.165, 1.54) is 5.69 Å². The van der Waals surface area contributed by atoms with E-state index < -0.39 is 0 Å². The first kappa shape index (κ1) is 6.22. The van der Waals surface area contributed by atoms with E-state index >= 15 is 0 Å². The number of nitrogen functional groups attached to an aromatic ring is 1. The number of hydrogen-bond acceptors (Lipinski definition) is 2. The molecule has 0 amide bonds. The average molecular weight is 147 g/mol. The molecule has 2 N–H and O–H groups in total. The lowest BCUT2D eigenvalue weighted by molar-refractivity contribution is 1.08. The summed E-state index contributed by atoms with van der Waals surface area (Å²) in [6, 6.07) is 3.99. The Balaban J connectivity index is 2.94. The Kier molecular flexibility index (Phi) is 1.12. The third kappa shape index (κ3) is 0.774. The van der Waals surface area contributed by atoms with E-state index in [-0.39, 0.29) is 0 Å². The minimum absolute atomic E-state index is 0.584. The molecule has 0 atom stereocenters. The molecule has 0 radical (unpaired) electrons. The second kappa shape index (κ2) is 1.99. The predicted molar refractivity (Wildman–Crippen MR) is 44.3 cm³/mol. The molecule has 0 saturated carbocycles. The smallest absolute Gasteiger partial charge is 0.147 e. The standard InChI is InChI=1S/C8H9N3/c1-6-2-3-7-8(9)10-4-5-11(6)7/h2-5H,1H3,(H2,9,10). The van der Waals surface area contributed by atoms with Gasteiger partial charge in [-0.25, -0.2) is 4.98 Å². The van der Waals surface area contributed by atoms with Gasteiger partial charge >= 0.3 is 0 Å². The van der Waals surface area contributed by atoms with Gasteiger partial charge in [-0.1, -0.05) is 0 Å². The molecule has 0 aliphatic rings. The highest BCUT2D eigenvalue weighted by molar-refractivity contribution is 5.65. The van der Waals surface area contributed by atoms with Gasteiger partial charge in [-0.15, -0.1) is 0 Å². The lowest BCUT2D eigenvalue weighted by Crippen LogP contribution is -1.94. The largest absolute Gasteiger partial charge is 0.382 e. The summed E-state index contributed by atoms with van der Waals surface area (Å²) in [6.07, 6.45) is 3.61. The summed E-state index contributed by atoms with van der Waals surface area (Å²) in [5, 5.41) is 0. The quantitative estimate of drug-likeness (QED) is 0.609. The van der Waals surface area contributed by atoms with Crippen LogP contribution < -0.4 is 5.73 Å². The molecule has 56 valence electrons. The van der Waals surface area contributed by atoms with Crippen LogP contribution in [0, 0.1) is 6.92 Å². The van der Waals surface area contributed by atoms with Gasteiger partial charge in [0.1, 0.15) is 5.82 Å². The van der Waals surface area contributed by atoms with Crippen LogP contribution in [0.3, 0.4) is 0 Å². The second-order valence-corrected chi connectivity index (χ2v) is 2.54. The maximum absolute atomic E-state index is 5.64. The first-order chi connectivity index (χ1) is 5.29. The Morgan fingerprint density at radius 1 is 1.45 bits per heavy atom. The van der Waals surface area contributed by atoms with Gasteiger partial charge in [0.25, 0.3) is 0 Å². The third-order valence-electron chi connectivity index (χ3n) is 1.81. The van der Waals surface area contributed by atoms with Crippen molar-refractivity contribution in [3.05, 3.63) is 30.2 Å². The minimum Gasteiger partial charge on any atom is -0.382 e. The van der Waals surface area contributed by atoms with E-state index in [4.69, 9.17) is 5.73 Å². The van der Waals surface area contributed by atoms with Gasteiger partial charge in [-0.2, -0.15) is 0 Å². The van der Waals surface area contributed by atoms with Crippen LogP contribution in [0.4, 0.5) is 5.82 Å². The molecular weight excluding hydrogens is 138 g/mol. The fourth-order valence-corrected chi connectivity index (χ4v) is 1.20. The molecule has 2 heterocycles. The minimum atomic E-state index is 0.584. The summed E-state index contributed by atoms with van der Waals surface area (Å²) in [5.74, 6) is 0.584. The first-order valence-electron chi connectivity index (χ1n) is 3.47. The average Bonchev–Trinajstić information content (AvgIpc) is 2.35. The predicted octanol–water partition coefficient (Wildman–Crippen LogP) is 1.22. The Hall–Kier alpha value is -1.51. The Morgan fingerprint density at radius 3 is 3.00 bits per heavy atom. The second-order valence-electron chi connectivity index (χ2n) is 2.54. The molecule has 0 unspecified atom stereocenters. The van der Waals surface area contributed by atoms with Gasteiger partial charge in [0, 0.05) is 18.1 Å². The zero-order valence-electron chi connectivity index (χ0n) is 6.28. The van der Waals surface area contributed by atoms with Crippen molar-refractivity contribution in [1.82, 2.24) is 9.38 Å². The van der Waals surface area contributed by atoms with Crippen LogP contribution >= 0.6 is 0 Å². The summed E-state index contributed by atoms with van der Waals surface area (Å²) in [5.41, 5.74) is 7.79. The van der Waals surface area contributed by atoms with Crippen molar-refractivity contribution in [2.24, 2.45) is 0 Å². The van der Waals surface area contributed by atoms with Crippen LogP contribution in [0.1, 0.15) is 5.69 Å². The van der Waals surface area contributed by atoms with Crippen molar-refractivity contribution in [3.8, 4) is 0 Å². The summed E-state index contributed by atoms with van der Waals surface area (Å²) in [4.78, 5) is 3.98. The molecule has 0 aliphatic heterocycles. The normalized spacial score (nSPS) is 10.6. The van der Waals surface area contributed by atoms with Gasteiger partial charge in [0.2, 0.25) is 0 Å². The fraction of sp³-hybridized carbons (Fsp3) is 0.125. The number of hydrogen-bond donors (Lipinski definition) is 1. The van der Waals surface area contributed by atoms with E-state index in [9.17, 15) is 0 Å². The molecule has 0 aliphatic carbocycles. The SMILES string of the molecule is Cc1ccc2c(N)nccn12. The number of fused-ring (bicyclic) bond motifs is 1. The van der Waals surface area contributed by atoms with Gasteiger partial charge < -0.3 is 10.1 Å². The van der Waals surface area contributed by atoms with Crippen LogP contribution in [-0.2, 0) is 0 Å². The molecule has 2 aromatic heterocycles. The number of nitrogens with two attached hydrogens (primary N) is 1. The topological polar surface area (TPSA) is 43.3 Å². The highest BCUT2D eigenvalue weighted by Gasteiger charge is 1.98. The van der Waals surface area contributed by atoms with E-state index in [1.54, 1.807) is 6.20 Å². The van der Waals surface area contributed by atoms with Crippen molar-refractivity contribution in [2.75, 3.05) is 5.73 Å². The molecular formula is C8H9N3. The number of nitrogens with zero attached hydrogens (tertiary/aromatic N) is 2. The zero-order chi connectivity index (χ0) is 7.84. The lowest BCUT2D eigenvalue weighted by Gasteiger charge is -1.98. The Bertz CT molecular complexity index is 389. The molecule has 0 aromatic carbocycles. The zero-order valence-corrected chi connectivity index (χ0v) is 6.28. The van der Waals surface area contributed by atoms with E-state index in [0.717, 1.165) is 5.52 Å². The van der Waals surface area contributed by atoms with Crippen LogP contribution in [-0.4, -0.2) is 9.38 Å². The molecule has 0 fully saturated rings. The van der Waals surface area contributed by atoms with Gasteiger partial charge in [0.05, 0.1) is 5.52 Å². The number of anilines is 1. The van der Waals surface area contributed by atoms with Crippen molar-refractivity contribution >= 4 is 11.3 Å². The Labute approximate surface area is 64.5 Å². The Morgan fingerprint density at radius 2 is 2.27 bits per heavy atom. The molecule has 3 nitrogen and oxygen atoms in total. The maximum Gasteiger partial charge on any atom is 0.147 e.